The van der Waals surface area contributed by atoms with Crippen molar-refractivity contribution in [2.24, 2.45) is 5.92 Å². The third-order valence-corrected chi connectivity index (χ3v) is 4.93. The standard InChI is InChI=1S/C17H18F3N3O4/c1-9(22-5-4-10(7-22)16(26)27)15(25)23-8-14(24)21-12-6-11(17(18,19)20)2-3-13(12)23/h2-3,6,9-10H,4-5,7-8H2,1H3,(H,21,24)(H,26,27). The lowest BCUT2D eigenvalue weighted by molar-refractivity contribution is -0.141. The Morgan fingerprint density at radius 1 is 1.33 bits per heavy atom. The van der Waals surface area contributed by atoms with Crippen LogP contribution in [0.25, 0.3) is 0 Å². The molecule has 0 aliphatic carbocycles. The zero-order chi connectivity index (χ0) is 19.9. The summed E-state index contributed by atoms with van der Waals surface area (Å²) < 4.78 is 38.7. The first-order chi connectivity index (χ1) is 12.6. The molecule has 0 saturated carbocycles. The minimum Gasteiger partial charge on any atom is -0.481 e. The molecule has 10 heteroatoms. The second-order valence-corrected chi connectivity index (χ2v) is 6.70. The number of alkyl halides is 3. The number of halogens is 3. The number of hydrogen-bond acceptors (Lipinski definition) is 4. The Labute approximate surface area is 152 Å². The maximum Gasteiger partial charge on any atom is 0.416 e. The smallest absolute Gasteiger partial charge is 0.416 e. The SMILES string of the molecule is CC(C(=O)N1CC(=O)Nc2cc(C(F)(F)F)ccc21)N1CCC(C(=O)O)C1. The van der Waals surface area contributed by atoms with Crippen molar-refractivity contribution >= 4 is 29.2 Å². The molecular weight excluding hydrogens is 367 g/mol. The van der Waals surface area contributed by atoms with Crippen LogP contribution in [-0.2, 0) is 20.6 Å². The molecule has 2 heterocycles. The normalized spacial score (nSPS) is 21.6. The van der Waals surface area contributed by atoms with Crippen molar-refractivity contribution in [2.45, 2.75) is 25.6 Å². The van der Waals surface area contributed by atoms with E-state index in [-0.39, 0.29) is 24.5 Å². The summed E-state index contributed by atoms with van der Waals surface area (Å²) in [5.41, 5.74) is -0.812. The van der Waals surface area contributed by atoms with Crippen LogP contribution in [0.2, 0.25) is 0 Å². The minimum atomic E-state index is -4.57. The summed E-state index contributed by atoms with van der Waals surface area (Å²) in [5.74, 6) is -2.55. The molecule has 2 amide bonds. The van der Waals surface area contributed by atoms with Crippen LogP contribution in [0.3, 0.4) is 0 Å². The summed E-state index contributed by atoms with van der Waals surface area (Å²) in [7, 11) is 0. The fourth-order valence-corrected chi connectivity index (χ4v) is 3.39. The third-order valence-electron chi connectivity index (χ3n) is 4.93. The molecule has 2 atom stereocenters. The lowest BCUT2D eigenvalue weighted by Crippen LogP contribution is -2.50. The number of carboxylic acids is 1. The summed E-state index contributed by atoms with van der Waals surface area (Å²) in [5, 5.41) is 11.5. The van der Waals surface area contributed by atoms with Gasteiger partial charge < -0.3 is 10.4 Å². The van der Waals surface area contributed by atoms with Gasteiger partial charge >= 0.3 is 12.1 Å². The van der Waals surface area contributed by atoms with E-state index < -0.39 is 41.5 Å². The van der Waals surface area contributed by atoms with Crippen LogP contribution in [0.1, 0.15) is 18.9 Å². The lowest BCUT2D eigenvalue weighted by Gasteiger charge is -2.34. The van der Waals surface area contributed by atoms with Crippen LogP contribution in [0.5, 0.6) is 0 Å². The molecule has 0 aromatic heterocycles. The highest BCUT2D eigenvalue weighted by Gasteiger charge is 2.38. The number of carboxylic acid groups (broad SMARTS) is 1. The van der Waals surface area contributed by atoms with Crippen LogP contribution in [0.4, 0.5) is 24.5 Å². The van der Waals surface area contributed by atoms with Crippen molar-refractivity contribution in [2.75, 3.05) is 29.9 Å². The van der Waals surface area contributed by atoms with Crippen LogP contribution < -0.4 is 10.2 Å². The summed E-state index contributed by atoms with van der Waals surface area (Å²) >= 11 is 0. The number of hydrogen-bond donors (Lipinski definition) is 2. The Hall–Kier alpha value is -2.62. The number of likely N-dealkylation sites (tertiary alicyclic amines) is 1. The van der Waals surface area contributed by atoms with Crippen molar-refractivity contribution in [3.63, 3.8) is 0 Å². The number of nitrogens with one attached hydrogen (secondary N) is 1. The molecule has 3 rings (SSSR count). The second-order valence-electron chi connectivity index (χ2n) is 6.70. The van der Waals surface area contributed by atoms with E-state index in [9.17, 15) is 27.6 Å². The highest BCUT2D eigenvalue weighted by molar-refractivity contribution is 6.11. The van der Waals surface area contributed by atoms with Gasteiger partial charge in [0.2, 0.25) is 11.8 Å². The van der Waals surface area contributed by atoms with Gasteiger partial charge in [-0.1, -0.05) is 0 Å². The second kappa shape index (κ2) is 6.84. The Morgan fingerprint density at radius 2 is 2.04 bits per heavy atom. The third kappa shape index (κ3) is 3.75. The summed E-state index contributed by atoms with van der Waals surface area (Å²) in [6.07, 6.45) is -4.15. The van der Waals surface area contributed by atoms with E-state index in [4.69, 9.17) is 5.11 Å². The average Bonchev–Trinajstić information content (AvgIpc) is 3.08. The fourth-order valence-electron chi connectivity index (χ4n) is 3.39. The number of anilines is 2. The average molecular weight is 385 g/mol. The van der Waals surface area contributed by atoms with Gasteiger partial charge in [-0.3, -0.25) is 24.2 Å². The highest BCUT2D eigenvalue weighted by Crippen LogP contribution is 2.37. The molecule has 2 aliphatic heterocycles. The minimum absolute atomic E-state index is 0.0774. The number of fused-ring (bicyclic) bond motifs is 1. The molecule has 27 heavy (non-hydrogen) atoms. The molecule has 146 valence electrons. The van der Waals surface area contributed by atoms with Gasteiger partial charge in [0.15, 0.2) is 0 Å². The number of nitrogens with zero attached hydrogens (tertiary/aromatic N) is 2. The Bertz CT molecular complexity index is 796. The summed E-state index contributed by atoms with van der Waals surface area (Å²) in [6.45, 7) is 1.92. The highest BCUT2D eigenvalue weighted by atomic mass is 19.4. The van der Waals surface area contributed by atoms with Crippen molar-refractivity contribution in [1.82, 2.24) is 4.90 Å². The van der Waals surface area contributed by atoms with Gasteiger partial charge in [-0.25, -0.2) is 0 Å². The molecule has 1 fully saturated rings. The van der Waals surface area contributed by atoms with E-state index in [1.807, 2.05) is 0 Å². The Kier molecular flexibility index (Phi) is 4.85. The largest absolute Gasteiger partial charge is 0.481 e. The predicted molar refractivity (Wildman–Crippen MR) is 89.2 cm³/mol. The Balaban J connectivity index is 1.84. The quantitative estimate of drug-likeness (QED) is 0.828. The number of carbonyl (C=O) groups is 3. The zero-order valence-electron chi connectivity index (χ0n) is 14.4. The van der Waals surface area contributed by atoms with Crippen molar-refractivity contribution in [1.29, 1.82) is 0 Å². The van der Waals surface area contributed by atoms with E-state index in [1.165, 1.54) is 0 Å². The maximum absolute atomic E-state index is 12.9. The van der Waals surface area contributed by atoms with Crippen molar-refractivity contribution < 1.29 is 32.7 Å². The molecule has 2 N–H and O–H groups in total. The van der Waals surface area contributed by atoms with E-state index in [0.717, 1.165) is 23.1 Å². The summed E-state index contributed by atoms with van der Waals surface area (Å²) in [6, 6.07) is 2.12. The molecule has 0 bridgehead atoms. The Morgan fingerprint density at radius 3 is 2.63 bits per heavy atom. The molecule has 0 radical (unpaired) electrons. The van der Waals surface area contributed by atoms with Gasteiger partial charge in [-0.2, -0.15) is 13.2 Å². The van der Waals surface area contributed by atoms with Gasteiger partial charge in [-0.05, 0) is 38.1 Å². The topological polar surface area (TPSA) is 90.0 Å². The van der Waals surface area contributed by atoms with Gasteiger partial charge in [0.1, 0.15) is 6.54 Å². The number of rotatable bonds is 3. The number of benzene rings is 1. The first-order valence-electron chi connectivity index (χ1n) is 8.37. The van der Waals surface area contributed by atoms with Gasteiger partial charge in [-0.15, -0.1) is 0 Å². The molecule has 1 aromatic rings. The molecule has 2 unspecified atom stereocenters. The number of aliphatic carboxylic acids is 1. The van der Waals surface area contributed by atoms with E-state index in [0.29, 0.717) is 13.0 Å². The first kappa shape index (κ1) is 19.2. The van der Waals surface area contributed by atoms with Gasteiger partial charge in [0.05, 0.1) is 28.9 Å². The molecule has 2 aliphatic rings. The fraction of sp³-hybridized carbons (Fsp3) is 0.471. The first-order valence-corrected chi connectivity index (χ1v) is 8.37. The van der Waals surface area contributed by atoms with E-state index >= 15 is 0 Å². The summed E-state index contributed by atoms with van der Waals surface area (Å²) in [4.78, 5) is 38.7. The van der Waals surface area contributed by atoms with Crippen molar-refractivity contribution in [3.05, 3.63) is 23.8 Å². The molecular formula is C17H18F3N3O4. The van der Waals surface area contributed by atoms with E-state index in [1.54, 1.807) is 11.8 Å². The zero-order valence-corrected chi connectivity index (χ0v) is 14.4. The molecule has 0 spiro atoms. The van der Waals surface area contributed by atoms with Gasteiger partial charge in [0, 0.05) is 6.54 Å². The maximum atomic E-state index is 12.9. The molecule has 1 aromatic carbocycles. The molecule has 1 saturated heterocycles. The molecule has 7 nitrogen and oxygen atoms in total. The van der Waals surface area contributed by atoms with Crippen molar-refractivity contribution in [3.8, 4) is 0 Å². The van der Waals surface area contributed by atoms with Crippen LogP contribution in [0.15, 0.2) is 18.2 Å². The monoisotopic (exact) mass is 385 g/mol. The number of amides is 2. The van der Waals surface area contributed by atoms with Crippen LogP contribution >= 0.6 is 0 Å². The number of carbonyl (C=O) groups excluding carboxylic acids is 2. The predicted octanol–water partition coefficient (Wildman–Crippen LogP) is 1.79. The lowest BCUT2D eigenvalue weighted by atomic mass is 10.1. The van der Waals surface area contributed by atoms with E-state index in [2.05, 4.69) is 5.32 Å². The van der Waals surface area contributed by atoms with Gasteiger partial charge in [0.25, 0.3) is 0 Å². The van der Waals surface area contributed by atoms with Crippen LogP contribution in [-0.4, -0.2) is 53.5 Å². The van der Waals surface area contributed by atoms with Crippen LogP contribution in [0, 0.1) is 5.92 Å².